The minimum atomic E-state index is -0.0464. The van der Waals surface area contributed by atoms with Crippen molar-refractivity contribution in [2.75, 3.05) is 11.9 Å². The summed E-state index contributed by atoms with van der Waals surface area (Å²) in [4.78, 5) is 15.8. The number of rotatable bonds is 6. The number of aromatic nitrogens is 1. The van der Waals surface area contributed by atoms with Crippen LogP contribution in [0.15, 0.2) is 18.3 Å². The first-order valence-electron chi connectivity index (χ1n) is 6.04. The molecule has 0 saturated carbocycles. The van der Waals surface area contributed by atoms with Crippen LogP contribution in [0.4, 0.5) is 5.82 Å². The maximum atomic E-state index is 11.7. The Balaban J connectivity index is 2.43. The molecular formula is C13H20ClN3O. The predicted octanol–water partition coefficient (Wildman–Crippen LogP) is 2.83. The molecule has 0 aliphatic carbocycles. The summed E-state index contributed by atoms with van der Waals surface area (Å²) in [6.45, 7) is 4.88. The maximum Gasteiger partial charge on any atom is 0.225 e. The molecule has 5 heteroatoms. The van der Waals surface area contributed by atoms with Crippen LogP contribution in [0.5, 0.6) is 0 Å². The van der Waals surface area contributed by atoms with Crippen LogP contribution in [0.2, 0.25) is 5.02 Å². The predicted molar refractivity (Wildman–Crippen MR) is 74.6 cm³/mol. The number of carbonyl (C=O) groups excluding carboxylic acids is 1. The number of hydrogen-bond acceptors (Lipinski definition) is 3. The standard InChI is InChI=1S/C13H20ClN3O/c1-13(2,6-7-15)5-3-12(18)17-11-9-10(14)4-8-16-11/h4,8-9H,3,5-7,15H2,1-2H3,(H,16,17,18). The summed E-state index contributed by atoms with van der Waals surface area (Å²) in [6.07, 6.45) is 3.74. The fraction of sp³-hybridized carbons (Fsp3) is 0.538. The number of nitrogens with two attached hydrogens (primary N) is 1. The zero-order chi connectivity index (χ0) is 13.6. The molecule has 18 heavy (non-hydrogen) atoms. The van der Waals surface area contributed by atoms with Gasteiger partial charge in [0, 0.05) is 17.6 Å². The van der Waals surface area contributed by atoms with E-state index in [1.165, 1.54) is 0 Å². The number of amides is 1. The molecule has 0 atom stereocenters. The lowest BCUT2D eigenvalue weighted by atomic mass is 9.84. The molecule has 1 rings (SSSR count). The molecule has 0 unspecified atom stereocenters. The summed E-state index contributed by atoms with van der Waals surface area (Å²) in [5.41, 5.74) is 5.63. The molecule has 0 spiro atoms. The normalized spacial score (nSPS) is 11.3. The highest BCUT2D eigenvalue weighted by atomic mass is 35.5. The number of nitrogens with one attached hydrogen (secondary N) is 1. The van der Waals surface area contributed by atoms with E-state index in [1.54, 1.807) is 18.3 Å². The second-order valence-electron chi connectivity index (χ2n) is 5.11. The minimum absolute atomic E-state index is 0.0464. The summed E-state index contributed by atoms with van der Waals surface area (Å²) in [5.74, 6) is 0.444. The van der Waals surface area contributed by atoms with Crippen molar-refractivity contribution < 1.29 is 4.79 Å². The van der Waals surface area contributed by atoms with Crippen LogP contribution in [0.25, 0.3) is 0 Å². The number of hydrogen-bond donors (Lipinski definition) is 2. The van der Waals surface area contributed by atoms with E-state index in [-0.39, 0.29) is 11.3 Å². The largest absolute Gasteiger partial charge is 0.330 e. The first-order chi connectivity index (χ1) is 8.43. The molecule has 0 radical (unpaired) electrons. The van der Waals surface area contributed by atoms with Crippen molar-refractivity contribution in [3.8, 4) is 0 Å². The Hall–Kier alpha value is -1.13. The van der Waals surface area contributed by atoms with Gasteiger partial charge in [-0.25, -0.2) is 4.98 Å². The first-order valence-corrected chi connectivity index (χ1v) is 6.42. The van der Waals surface area contributed by atoms with E-state index in [0.717, 1.165) is 12.8 Å². The van der Waals surface area contributed by atoms with E-state index >= 15 is 0 Å². The topological polar surface area (TPSA) is 68.0 Å². The van der Waals surface area contributed by atoms with Crippen LogP contribution in [0, 0.1) is 5.41 Å². The first kappa shape index (κ1) is 14.9. The van der Waals surface area contributed by atoms with Crippen LogP contribution in [-0.2, 0) is 4.79 Å². The SMILES string of the molecule is CC(C)(CCN)CCC(=O)Nc1cc(Cl)ccn1. The van der Waals surface area contributed by atoms with Crippen LogP contribution in [0.1, 0.15) is 33.1 Å². The molecule has 0 saturated heterocycles. The van der Waals surface area contributed by atoms with Gasteiger partial charge in [0.05, 0.1) is 0 Å². The van der Waals surface area contributed by atoms with Gasteiger partial charge < -0.3 is 11.1 Å². The van der Waals surface area contributed by atoms with Crippen molar-refractivity contribution in [3.63, 3.8) is 0 Å². The molecule has 1 heterocycles. The summed E-state index contributed by atoms with van der Waals surface area (Å²) in [5, 5.41) is 3.29. The molecule has 1 amide bonds. The van der Waals surface area contributed by atoms with Gasteiger partial charge in [-0.05, 0) is 36.9 Å². The number of halogens is 1. The average Bonchev–Trinajstić information content (AvgIpc) is 2.26. The van der Waals surface area contributed by atoms with Crippen molar-refractivity contribution in [1.82, 2.24) is 4.98 Å². The van der Waals surface area contributed by atoms with Gasteiger partial charge in [0.2, 0.25) is 5.91 Å². The monoisotopic (exact) mass is 269 g/mol. The quantitative estimate of drug-likeness (QED) is 0.834. The highest BCUT2D eigenvalue weighted by Crippen LogP contribution is 2.26. The molecule has 0 aromatic carbocycles. The van der Waals surface area contributed by atoms with Gasteiger partial charge >= 0.3 is 0 Å². The zero-order valence-corrected chi connectivity index (χ0v) is 11.6. The smallest absolute Gasteiger partial charge is 0.225 e. The van der Waals surface area contributed by atoms with Crippen LogP contribution in [-0.4, -0.2) is 17.4 Å². The molecule has 0 fully saturated rings. The van der Waals surface area contributed by atoms with E-state index in [9.17, 15) is 4.79 Å². The minimum Gasteiger partial charge on any atom is -0.330 e. The van der Waals surface area contributed by atoms with Gasteiger partial charge in [-0.15, -0.1) is 0 Å². The third-order valence-corrected chi connectivity index (χ3v) is 3.07. The summed E-state index contributed by atoms with van der Waals surface area (Å²) < 4.78 is 0. The second kappa shape index (κ2) is 6.71. The molecule has 0 bridgehead atoms. The van der Waals surface area contributed by atoms with Crippen LogP contribution < -0.4 is 11.1 Å². The molecule has 3 N–H and O–H groups in total. The highest BCUT2D eigenvalue weighted by molar-refractivity contribution is 6.30. The van der Waals surface area contributed by atoms with Crippen LogP contribution in [0.3, 0.4) is 0 Å². The Morgan fingerprint density at radius 2 is 2.22 bits per heavy atom. The molecule has 100 valence electrons. The molecule has 1 aromatic heterocycles. The van der Waals surface area contributed by atoms with Gasteiger partial charge in [-0.1, -0.05) is 25.4 Å². The molecule has 0 aliphatic heterocycles. The highest BCUT2D eigenvalue weighted by Gasteiger charge is 2.18. The van der Waals surface area contributed by atoms with Gasteiger partial charge in [-0.3, -0.25) is 4.79 Å². The van der Waals surface area contributed by atoms with Crippen molar-refractivity contribution in [1.29, 1.82) is 0 Å². The maximum absolute atomic E-state index is 11.7. The number of anilines is 1. The molecule has 1 aromatic rings. The van der Waals surface area contributed by atoms with Gasteiger partial charge in [0.15, 0.2) is 0 Å². The van der Waals surface area contributed by atoms with Crippen molar-refractivity contribution in [2.24, 2.45) is 11.1 Å². The number of pyridine rings is 1. The van der Waals surface area contributed by atoms with E-state index in [1.807, 2.05) is 0 Å². The lowest BCUT2D eigenvalue weighted by molar-refractivity contribution is -0.116. The Labute approximate surface area is 113 Å². The van der Waals surface area contributed by atoms with Gasteiger partial charge in [0.25, 0.3) is 0 Å². The lowest BCUT2D eigenvalue weighted by Crippen LogP contribution is -2.20. The number of carbonyl (C=O) groups is 1. The Morgan fingerprint density at radius 3 is 2.83 bits per heavy atom. The molecule has 4 nitrogen and oxygen atoms in total. The summed E-state index contributed by atoms with van der Waals surface area (Å²) in [7, 11) is 0. The van der Waals surface area contributed by atoms with Crippen molar-refractivity contribution >= 4 is 23.3 Å². The number of nitrogens with zero attached hydrogens (tertiary/aromatic N) is 1. The van der Waals surface area contributed by atoms with E-state index < -0.39 is 0 Å². The van der Waals surface area contributed by atoms with E-state index in [4.69, 9.17) is 17.3 Å². The lowest BCUT2D eigenvalue weighted by Gasteiger charge is -2.23. The summed E-state index contributed by atoms with van der Waals surface area (Å²) in [6, 6.07) is 3.30. The fourth-order valence-corrected chi connectivity index (χ4v) is 1.81. The average molecular weight is 270 g/mol. The Kier molecular flexibility index (Phi) is 5.56. The Bertz CT molecular complexity index is 407. The molecular weight excluding hydrogens is 250 g/mol. The van der Waals surface area contributed by atoms with Crippen molar-refractivity contribution in [3.05, 3.63) is 23.4 Å². The van der Waals surface area contributed by atoms with E-state index in [0.29, 0.717) is 23.8 Å². The molecule has 0 aliphatic rings. The third-order valence-electron chi connectivity index (χ3n) is 2.84. The van der Waals surface area contributed by atoms with Crippen LogP contribution >= 0.6 is 11.6 Å². The van der Waals surface area contributed by atoms with Gasteiger partial charge in [0.1, 0.15) is 5.82 Å². The van der Waals surface area contributed by atoms with Crippen molar-refractivity contribution in [2.45, 2.75) is 33.1 Å². The zero-order valence-electron chi connectivity index (χ0n) is 10.9. The van der Waals surface area contributed by atoms with E-state index in [2.05, 4.69) is 24.1 Å². The summed E-state index contributed by atoms with van der Waals surface area (Å²) >= 11 is 5.81. The fourth-order valence-electron chi connectivity index (χ4n) is 1.65. The Morgan fingerprint density at radius 1 is 1.50 bits per heavy atom. The second-order valence-corrected chi connectivity index (χ2v) is 5.55. The third kappa shape index (κ3) is 5.47. The van der Waals surface area contributed by atoms with Gasteiger partial charge in [-0.2, -0.15) is 0 Å².